The highest BCUT2D eigenvalue weighted by Crippen LogP contribution is 2.44. The number of carbonyl (C=O) groups is 3. The first-order valence-corrected chi connectivity index (χ1v) is 15.1. The Hall–Kier alpha value is -3.41. The van der Waals surface area contributed by atoms with E-state index in [-0.39, 0.29) is 30.0 Å². The summed E-state index contributed by atoms with van der Waals surface area (Å²) in [6.07, 6.45) is -0.378. The van der Waals surface area contributed by atoms with Crippen molar-refractivity contribution >= 4 is 40.3 Å². The number of rotatable bonds is 7. The van der Waals surface area contributed by atoms with E-state index in [9.17, 15) is 27.6 Å². The number of hydrogen-bond donors (Lipinski definition) is 0. The van der Waals surface area contributed by atoms with E-state index in [1.165, 1.54) is 12.1 Å². The molecule has 3 aromatic rings. The second kappa shape index (κ2) is 13.3. The number of hydrogen-bond acceptors (Lipinski definition) is 6. The van der Waals surface area contributed by atoms with Crippen molar-refractivity contribution in [3.05, 3.63) is 58.6 Å². The molecule has 2 aromatic carbocycles. The van der Waals surface area contributed by atoms with Gasteiger partial charge in [0.15, 0.2) is 0 Å². The van der Waals surface area contributed by atoms with Crippen LogP contribution in [-0.2, 0) is 25.6 Å². The van der Waals surface area contributed by atoms with Crippen molar-refractivity contribution in [1.29, 1.82) is 0 Å². The first-order valence-electron chi connectivity index (χ1n) is 14.7. The zero-order valence-electron chi connectivity index (χ0n) is 24.7. The van der Waals surface area contributed by atoms with Gasteiger partial charge >= 0.3 is 18.1 Å². The van der Waals surface area contributed by atoms with E-state index in [4.69, 9.17) is 16.3 Å². The first-order chi connectivity index (χ1) is 20.9. The Morgan fingerprint density at radius 1 is 1.05 bits per heavy atom. The zero-order valence-corrected chi connectivity index (χ0v) is 25.4. The van der Waals surface area contributed by atoms with E-state index in [2.05, 4.69) is 4.74 Å². The van der Waals surface area contributed by atoms with E-state index in [1.54, 1.807) is 23.1 Å². The highest BCUT2D eigenvalue weighted by molar-refractivity contribution is 6.30. The molecule has 1 saturated heterocycles. The lowest BCUT2D eigenvalue weighted by Gasteiger charge is -2.34. The molecule has 0 N–H and O–H groups in total. The van der Waals surface area contributed by atoms with Gasteiger partial charge in [-0.05, 0) is 68.2 Å². The molecule has 2 heterocycles. The van der Waals surface area contributed by atoms with Crippen LogP contribution in [0.3, 0.4) is 0 Å². The molecule has 1 aliphatic heterocycles. The second-order valence-electron chi connectivity index (χ2n) is 11.7. The minimum atomic E-state index is -5.31. The number of benzene rings is 2. The first kappa shape index (κ1) is 32.0. The highest BCUT2D eigenvalue weighted by atomic mass is 35.5. The molecule has 1 unspecified atom stereocenters. The molecule has 1 saturated carbocycles. The average Bonchev–Trinajstić information content (AvgIpc) is 3.30. The smallest absolute Gasteiger partial charge is 0.383 e. The van der Waals surface area contributed by atoms with Crippen LogP contribution in [0.25, 0.3) is 22.2 Å². The maximum Gasteiger partial charge on any atom is 0.491 e. The Balaban J connectivity index is 1.62. The fourth-order valence-corrected chi connectivity index (χ4v) is 6.42. The van der Waals surface area contributed by atoms with Crippen LogP contribution < -0.4 is 0 Å². The summed E-state index contributed by atoms with van der Waals surface area (Å²) in [5.74, 6) is -3.98. The van der Waals surface area contributed by atoms with E-state index in [0.717, 1.165) is 54.3 Å². The molecule has 0 bridgehead atoms. The van der Waals surface area contributed by atoms with Gasteiger partial charge in [-0.25, -0.2) is 9.59 Å². The van der Waals surface area contributed by atoms with Crippen molar-refractivity contribution in [3.63, 3.8) is 0 Å². The third-order valence-electron chi connectivity index (χ3n) is 8.24. The summed E-state index contributed by atoms with van der Waals surface area (Å²) < 4.78 is 50.4. The van der Waals surface area contributed by atoms with Gasteiger partial charge in [-0.3, -0.25) is 4.79 Å². The molecular formula is C32H35ClF3N3O5. The van der Waals surface area contributed by atoms with Gasteiger partial charge in [0, 0.05) is 30.0 Å². The maximum atomic E-state index is 13.9. The minimum Gasteiger partial charge on any atom is -0.383 e. The van der Waals surface area contributed by atoms with Crippen molar-refractivity contribution in [1.82, 2.24) is 14.4 Å². The SMILES string of the molecule is CN(C)CC1CN(C(=O)Cn2c(-c3ccc(Cl)cc3)c(C3CCCCC3)c3ccc(C(=O)OC(=O)C(F)(F)F)cc32)CCO1. The number of morpholine rings is 1. The number of halogens is 4. The summed E-state index contributed by atoms with van der Waals surface area (Å²) in [6, 6.07) is 11.7. The molecule has 2 aliphatic rings. The van der Waals surface area contributed by atoms with Crippen LogP contribution in [0.2, 0.25) is 5.02 Å². The van der Waals surface area contributed by atoms with Crippen molar-refractivity contribution in [2.75, 3.05) is 40.3 Å². The van der Waals surface area contributed by atoms with Gasteiger partial charge in [-0.15, -0.1) is 0 Å². The van der Waals surface area contributed by atoms with Crippen LogP contribution in [0.1, 0.15) is 53.9 Å². The molecule has 1 aliphatic carbocycles. The largest absolute Gasteiger partial charge is 0.491 e. The van der Waals surface area contributed by atoms with E-state index in [1.807, 2.05) is 35.7 Å². The summed E-state index contributed by atoms with van der Waals surface area (Å²) in [5.41, 5.74) is 2.91. The number of carbonyl (C=O) groups excluding carboxylic acids is 3. The number of fused-ring (bicyclic) bond motifs is 1. The Morgan fingerprint density at radius 2 is 1.75 bits per heavy atom. The lowest BCUT2D eigenvalue weighted by atomic mass is 9.82. The lowest BCUT2D eigenvalue weighted by molar-refractivity contribution is -0.193. The molecule has 1 amide bonds. The van der Waals surface area contributed by atoms with Gasteiger partial charge in [-0.2, -0.15) is 13.2 Å². The van der Waals surface area contributed by atoms with Gasteiger partial charge < -0.3 is 23.8 Å². The summed E-state index contributed by atoms with van der Waals surface area (Å²) in [4.78, 5) is 41.8. The van der Waals surface area contributed by atoms with Crippen molar-refractivity contribution < 1.29 is 37.0 Å². The molecule has 12 heteroatoms. The van der Waals surface area contributed by atoms with Gasteiger partial charge in [-0.1, -0.05) is 49.1 Å². The quantitative estimate of drug-likeness (QED) is 0.233. The van der Waals surface area contributed by atoms with Crippen LogP contribution in [0.4, 0.5) is 13.2 Å². The topological polar surface area (TPSA) is 81.1 Å². The lowest BCUT2D eigenvalue weighted by Crippen LogP contribution is -2.49. The Kier molecular flexibility index (Phi) is 9.67. The van der Waals surface area contributed by atoms with Gasteiger partial charge in [0.1, 0.15) is 6.54 Å². The Morgan fingerprint density at radius 3 is 2.41 bits per heavy atom. The van der Waals surface area contributed by atoms with Crippen LogP contribution in [0, 0.1) is 0 Å². The molecule has 8 nitrogen and oxygen atoms in total. The van der Waals surface area contributed by atoms with Gasteiger partial charge in [0.05, 0.1) is 29.5 Å². The molecule has 0 radical (unpaired) electrons. The van der Waals surface area contributed by atoms with Crippen LogP contribution in [0.15, 0.2) is 42.5 Å². The number of aromatic nitrogens is 1. The van der Waals surface area contributed by atoms with E-state index >= 15 is 0 Å². The number of ether oxygens (including phenoxy) is 2. The predicted molar refractivity (Wildman–Crippen MR) is 160 cm³/mol. The summed E-state index contributed by atoms with van der Waals surface area (Å²) in [7, 11) is 3.87. The standard InChI is InChI=1S/C32H35ClF3N3O5/c1-37(2)17-24-18-38(14-15-43-24)27(40)19-39-26-16-22(30(41)44-31(42)32(34,35)36)10-13-25(26)28(20-6-4-3-5-7-20)29(39)21-8-11-23(33)12-9-21/h8-13,16,20,24H,3-7,14-15,17-19H2,1-2H3. The molecule has 5 rings (SSSR count). The molecule has 2 fully saturated rings. The number of alkyl halides is 3. The third kappa shape index (κ3) is 7.11. The maximum absolute atomic E-state index is 13.9. The van der Waals surface area contributed by atoms with Crippen molar-refractivity contribution in [3.8, 4) is 11.3 Å². The summed E-state index contributed by atoms with van der Waals surface area (Å²) in [5, 5.41) is 1.34. The number of nitrogens with zero attached hydrogens (tertiary/aromatic N) is 3. The summed E-state index contributed by atoms with van der Waals surface area (Å²) >= 11 is 6.23. The van der Waals surface area contributed by atoms with E-state index < -0.39 is 18.1 Å². The van der Waals surface area contributed by atoms with Crippen LogP contribution in [0.5, 0.6) is 0 Å². The fourth-order valence-electron chi connectivity index (χ4n) is 6.29. The number of esters is 2. The number of likely N-dealkylation sites (N-methyl/N-ethyl adjacent to an activating group) is 1. The molecule has 0 spiro atoms. The molecule has 1 atom stereocenters. The predicted octanol–water partition coefficient (Wildman–Crippen LogP) is 6.04. The molecule has 236 valence electrons. The fraction of sp³-hybridized carbons (Fsp3) is 0.469. The van der Waals surface area contributed by atoms with Crippen LogP contribution >= 0.6 is 11.6 Å². The average molecular weight is 634 g/mol. The van der Waals surface area contributed by atoms with Crippen molar-refractivity contribution in [2.24, 2.45) is 0 Å². The van der Waals surface area contributed by atoms with Crippen molar-refractivity contribution in [2.45, 2.75) is 56.8 Å². The Bertz CT molecular complexity index is 1530. The molecular weight excluding hydrogens is 599 g/mol. The second-order valence-corrected chi connectivity index (χ2v) is 12.1. The van der Waals surface area contributed by atoms with E-state index in [0.29, 0.717) is 36.8 Å². The number of amides is 1. The monoisotopic (exact) mass is 633 g/mol. The minimum absolute atomic E-state index is 0.0736. The van der Waals surface area contributed by atoms with Gasteiger partial charge in [0.2, 0.25) is 5.91 Å². The molecule has 1 aromatic heterocycles. The zero-order chi connectivity index (χ0) is 31.6. The Labute approximate surface area is 258 Å². The normalized spacial score (nSPS) is 18.2. The highest BCUT2D eigenvalue weighted by Gasteiger charge is 2.42. The van der Waals surface area contributed by atoms with Gasteiger partial charge in [0.25, 0.3) is 0 Å². The third-order valence-corrected chi connectivity index (χ3v) is 8.49. The van der Waals surface area contributed by atoms with Crippen LogP contribution in [-0.4, -0.2) is 84.8 Å². The molecule has 44 heavy (non-hydrogen) atoms. The summed E-state index contributed by atoms with van der Waals surface area (Å²) in [6.45, 7) is 1.82.